The Morgan fingerprint density at radius 2 is 2.23 bits per heavy atom. The summed E-state index contributed by atoms with van der Waals surface area (Å²) < 4.78 is 0. The van der Waals surface area contributed by atoms with Crippen molar-refractivity contribution >= 4 is 28.8 Å². The minimum absolute atomic E-state index is 0.139. The van der Waals surface area contributed by atoms with E-state index < -0.39 is 0 Å². The maximum absolute atomic E-state index is 12.3. The van der Waals surface area contributed by atoms with E-state index in [-0.39, 0.29) is 5.91 Å². The third kappa shape index (κ3) is 3.37. The number of thiophene rings is 1. The van der Waals surface area contributed by atoms with Gasteiger partial charge in [-0.05, 0) is 30.0 Å². The van der Waals surface area contributed by atoms with Crippen molar-refractivity contribution in [3.63, 3.8) is 0 Å². The van der Waals surface area contributed by atoms with Crippen molar-refractivity contribution in [2.24, 2.45) is 0 Å². The molecule has 3 rings (SSSR count). The molecule has 1 aromatic carbocycles. The van der Waals surface area contributed by atoms with Gasteiger partial charge in [0.15, 0.2) is 0 Å². The van der Waals surface area contributed by atoms with E-state index >= 15 is 0 Å². The molecule has 2 heterocycles. The van der Waals surface area contributed by atoms with E-state index in [4.69, 9.17) is 11.6 Å². The fourth-order valence-corrected chi connectivity index (χ4v) is 3.07. The number of nitrogens with zero attached hydrogens (tertiary/aromatic N) is 1. The lowest BCUT2D eigenvalue weighted by molar-refractivity contribution is 0.0955. The van der Waals surface area contributed by atoms with Crippen LogP contribution in [0.25, 0.3) is 11.3 Å². The molecule has 1 amide bonds. The summed E-state index contributed by atoms with van der Waals surface area (Å²) >= 11 is 7.69. The SMILES string of the molecule is O=C(NCCc1cccs1)c1cn[nH]c1-c1cccc(Cl)c1. The van der Waals surface area contributed by atoms with Crippen LogP contribution in [0.5, 0.6) is 0 Å². The van der Waals surface area contributed by atoms with E-state index in [1.807, 2.05) is 23.6 Å². The van der Waals surface area contributed by atoms with Gasteiger partial charge in [-0.25, -0.2) is 0 Å². The standard InChI is InChI=1S/C16H14ClN3OS/c17-12-4-1-3-11(9-12)15-14(10-19-20-15)16(21)18-7-6-13-5-2-8-22-13/h1-5,8-10H,6-7H2,(H,18,21)(H,19,20). The van der Waals surface area contributed by atoms with Gasteiger partial charge < -0.3 is 5.32 Å². The number of nitrogens with one attached hydrogen (secondary N) is 2. The van der Waals surface area contributed by atoms with E-state index in [1.165, 1.54) is 11.1 Å². The van der Waals surface area contributed by atoms with Crippen LogP contribution in [-0.2, 0) is 6.42 Å². The molecule has 0 saturated carbocycles. The Bertz CT molecular complexity index is 767. The second kappa shape index (κ2) is 6.77. The number of rotatable bonds is 5. The van der Waals surface area contributed by atoms with Gasteiger partial charge in [0.2, 0.25) is 0 Å². The van der Waals surface area contributed by atoms with Crippen LogP contribution >= 0.6 is 22.9 Å². The molecule has 0 fully saturated rings. The third-order valence-corrected chi connectivity index (χ3v) is 4.41. The number of aromatic amines is 1. The number of H-pyrrole nitrogens is 1. The predicted molar refractivity (Wildman–Crippen MR) is 89.4 cm³/mol. The number of benzene rings is 1. The number of hydrogen-bond donors (Lipinski definition) is 2. The fraction of sp³-hybridized carbons (Fsp3) is 0.125. The van der Waals surface area contributed by atoms with Gasteiger partial charge in [-0.15, -0.1) is 11.3 Å². The van der Waals surface area contributed by atoms with Crippen molar-refractivity contribution in [1.29, 1.82) is 0 Å². The summed E-state index contributed by atoms with van der Waals surface area (Å²) in [6, 6.07) is 11.4. The second-order valence-electron chi connectivity index (χ2n) is 4.75. The van der Waals surface area contributed by atoms with Crippen LogP contribution in [0.1, 0.15) is 15.2 Å². The molecular formula is C16H14ClN3OS. The normalized spacial score (nSPS) is 10.6. The third-order valence-electron chi connectivity index (χ3n) is 3.23. The van der Waals surface area contributed by atoms with Crippen molar-refractivity contribution < 1.29 is 4.79 Å². The van der Waals surface area contributed by atoms with Crippen LogP contribution in [0.2, 0.25) is 5.02 Å². The number of amides is 1. The zero-order chi connectivity index (χ0) is 15.4. The first-order valence-corrected chi connectivity index (χ1v) is 8.09. The summed E-state index contributed by atoms with van der Waals surface area (Å²) in [7, 11) is 0. The Kier molecular flexibility index (Phi) is 4.56. The average Bonchev–Trinajstić information content (AvgIpc) is 3.18. The molecule has 0 aliphatic heterocycles. The molecule has 2 N–H and O–H groups in total. The zero-order valence-electron chi connectivity index (χ0n) is 11.7. The van der Waals surface area contributed by atoms with Gasteiger partial charge in [0, 0.05) is 22.0 Å². The Hall–Kier alpha value is -2.11. The number of carbonyl (C=O) groups excluding carboxylic acids is 1. The lowest BCUT2D eigenvalue weighted by Gasteiger charge is -2.05. The minimum atomic E-state index is -0.139. The van der Waals surface area contributed by atoms with Crippen LogP contribution in [0.3, 0.4) is 0 Å². The van der Waals surface area contributed by atoms with Gasteiger partial charge >= 0.3 is 0 Å². The molecule has 0 aliphatic rings. The number of aromatic nitrogens is 2. The fourth-order valence-electron chi connectivity index (χ4n) is 2.17. The molecule has 22 heavy (non-hydrogen) atoms. The summed E-state index contributed by atoms with van der Waals surface area (Å²) in [6.07, 6.45) is 2.37. The van der Waals surface area contributed by atoms with E-state index in [1.54, 1.807) is 23.5 Å². The molecule has 6 heteroatoms. The van der Waals surface area contributed by atoms with Gasteiger partial charge in [-0.1, -0.05) is 29.8 Å². The highest BCUT2D eigenvalue weighted by Crippen LogP contribution is 2.23. The highest BCUT2D eigenvalue weighted by atomic mass is 35.5. The van der Waals surface area contributed by atoms with Crippen LogP contribution in [-0.4, -0.2) is 22.6 Å². The van der Waals surface area contributed by atoms with Crippen LogP contribution < -0.4 is 5.32 Å². The van der Waals surface area contributed by atoms with Crippen LogP contribution in [0, 0.1) is 0 Å². The zero-order valence-corrected chi connectivity index (χ0v) is 13.2. The minimum Gasteiger partial charge on any atom is -0.352 e. The molecule has 0 aliphatic carbocycles. The Labute approximate surface area is 137 Å². The van der Waals surface area contributed by atoms with Gasteiger partial charge in [0.05, 0.1) is 17.5 Å². The summed E-state index contributed by atoms with van der Waals surface area (Å²) in [5.74, 6) is -0.139. The van der Waals surface area contributed by atoms with Gasteiger partial charge in [-0.2, -0.15) is 5.10 Å². The molecule has 0 bridgehead atoms. The van der Waals surface area contributed by atoms with Gasteiger partial charge in [0.25, 0.3) is 5.91 Å². The quantitative estimate of drug-likeness (QED) is 0.747. The molecule has 2 aromatic heterocycles. The Morgan fingerprint density at radius 3 is 3.00 bits per heavy atom. The number of halogens is 1. The molecule has 3 aromatic rings. The van der Waals surface area contributed by atoms with Crippen LogP contribution in [0.4, 0.5) is 0 Å². The van der Waals surface area contributed by atoms with Crippen molar-refractivity contribution in [2.45, 2.75) is 6.42 Å². The second-order valence-corrected chi connectivity index (χ2v) is 6.22. The van der Waals surface area contributed by atoms with Crippen molar-refractivity contribution in [2.75, 3.05) is 6.54 Å². The average molecular weight is 332 g/mol. The van der Waals surface area contributed by atoms with E-state index in [0.29, 0.717) is 22.8 Å². The van der Waals surface area contributed by atoms with Gasteiger partial charge in [0.1, 0.15) is 0 Å². The van der Waals surface area contributed by atoms with Gasteiger partial charge in [-0.3, -0.25) is 9.89 Å². The first kappa shape index (κ1) is 14.8. The summed E-state index contributed by atoms with van der Waals surface area (Å²) in [6.45, 7) is 0.597. The lowest BCUT2D eigenvalue weighted by atomic mass is 10.1. The molecule has 0 radical (unpaired) electrons. The van der Waals surface area contributed by atoms with Crippen molar-refractivity contribution in [3.8, 4) is 11.3 Å². The largest absolute Gasteiger partial charge is 0.352 e. The number of hydrogen-bond acceptors (Lipinski definition) is 3. The van der Waals surface area contributed by atoms with Crippen molar-refractivity contribution in [1.82, 2.24) is 15.5 Å². The smallest absolute Gasteiger partial charge is 0.255 e. The highest BCUT2D eigenvalue weighted by molar-refractivity contribution is 7.09. The Balaban J connectivity index is 1.70. The predicted octanol–water partition coefficient (Wildman–Crippen LogP) is 3.76. The number of carbonyl (C=O) groups is 1. The summed E-state index contributed by atoms with van der Waals surface area (Å²) in [5, 5.41) is 12.4. The first-order valence-electron chi connectivity index (χ1n) is 6.84. The molecule has 112 valence electrons. The van der Waals surface area contributed by atoms with Crippen molar-refractivity contribution in [3.05, 3.63) is 63.4 Å². The molecule has 0 spiro atoms. The van der Waals surface area contributed by atoms with E-state index in [9.17, 15) is 4.79 Å². The topological polar surface area (TPSA) is 57.8 Å². The molecule has 4 nitrogen and oxygen atoms in total. The lowest BCUT2D eigenvalue weighted by Crippen LogP contribution is -2.25. The van der Waals surface area contributed by atoms with E-state index in [0.717, 1.165) is 12.0 Å². The highest BCUT2D eigenvalue weighted by Gasteiger charge is 2.15. The first-order chi connectivity index (χ1) is 10.7. The molecular weight excluding hydrogens is 318 g/mol. The van der Waals surface area contributed by atoms with Crippen LogP contribution in [0.15, 0.2) is 48.0 Å². The summed E-state index contributed by atoms with van der Waals surface area (Å²) in [5.41, 5.74) is 2.04. The molecule has 0 unspecified atom stereocenters. The molecule has 0 saturated heterocycles. The Morgan fingerprint density at radius 1 is 1.32 bits per heavy atom. The maximum Gasteiger partial charge on any atom is 0.255 e. The monoisotopic (exact) mass is 331 g/mol. The summed E-state index contributed by atoms with van der Waals surface area (Å²) in [4.78, 5) is 13.6. The van der Waals surface area contributed by atoms with E-state index in [2.05, 4.69) is 21.6 Å². The molecule has 0 atom stereocenters. The maximum atomic E-state index is 12.3.